The standard InChI is InChI=1S/C12H13ClO4/c1-12(2,3)17-11(16)9-7(10(14)15)5-4-6-8(9)13/h4-6H,1-3H3,(H,14,15). The van der Waals surface area contributed by atoms with Crippen LogP contribution in [0, 0.1) is 0 Å². The Hall–Kier alpha value is -1.55. The first-order chi connectivity index (χ1) is 7.72. The van der Waals surface area contributed by atoms with Crippen molar-refractivity contribution in [2.24, 2.45) is 0 Å². The molecular formula is C12H13ClO4. The van der Waals surface area contributed by atoms with Crippen LogP contribution >= 0.6 is 11.6 Å². The Balaban J connectivity index is 3.21. The second-order valence-electron chi connectivity index (χ2n) is 4.47. The maximum atomic E-state index is 11.8. The number of hydrogen-bond donors (Lipinski definition) is 1. The number of carbonyl (C=O) groups is 2. The zero-order valence-electron chi connectivity index (χ0n) is 9.78. The van der Waals surface area contributed by atoms with Gasteiger partial charge in [-0.05, 0) is 32.9 Å². The highest BCUT2D eigenvalue weighted by atomic mass is 35.5. The molecule has 92 valence electrons. The summed E-state index contributed by atoms with van der Waals surface area (Å²) >= 11 is 5.83. The molecule has 0 aliphatic carbocycles. The maximum absolute atomic E-state index is 11.8. The van der Waals surface area contributed by atoms with Crippen LogP contribution in [-0.2, 0) is 4.74 Å². The third-order valence-electron chi connectivity index (χ3n) is 1.85. The second kappa shape index (κ2) is 4.75. The molecule has 0 aliphatic heterocycles. The molecule has 0 spiro atoms. The SMILES string of the molecule is CC(C)(C)OC(=O)c1c(Cl)cccc1C(=O)O. The Labute approximate surface area is 104 Å². The van der Waals surface area contributed by atoms with E-state index < -0.39 is 17.5 Å². The summed E-state index contributed by atoms with van der Waals surface area (Å²) in [7, 11) is 0. The van der Waals surface area contributed by atoms with Gasteiger partial charge in [0.25, 0.3) is 0 Å². The number of carbonyl (C=O) groups excluding carboxylic acids is 1. The first-order valence-electron chi connectivity index (χ1n) is 4.97. The number of carboxylic acids is 1. The minimum Gasteiger partial charge on any atom is -0.478 e. The van der Waals surface area contributed by atoms with E-state index in [1.807, 2.05) is 0 Å². The van der Waals surface area contributed by atoms with Crippen LogP contribution in [0.15, 0.2) is 18.2 Å². The molecule has 1 rings (SSSR count). The fraction of sp³-hybridized carbons (Fsp3) is 0.333. The highest BCUT2D eigenvalue weighted by Crippen LogP contribution is 2.23. The van der Waals surface area contributed by atoms with Gasteiger partial charge < -0.3 is 9.84 Å². The van der Waals surface area contributed by atoms with Crippen molar-refractivity contribution < 1.29 is 19.4 Å². The number of carboxylic acid groups (broad SMARTS) is 1. The van der Waals surface area contributed by atoms with Gasteiger partial charge in [0.05, 0.1) is 16.1 Å². The smallest absolute Gasteiger partial charge is 0.341 e. The van der Waals surface area contributed by atoms with Crippen molar-refractivity contribution >= 4 is 23.5 Å². The number of rotatable bonds is 2. The fourth-order valence-corrected chi connectivity index (χ4v) is 1.49. The summed E-state index contributed by atoms with van der Waals surface area (Å²) in [4.78, 5) is 22.8. The highest BCUT2D eigenvalue weighted by molar-refractivity contribution is 6.34. The van der Waals surface area contributed by atoms with E-state index in [9.17, 15) is 9.59 Å². The molecule has 0 aliphatic rings. The predicted molar refractivity (Wildman–Crippen MR) is 63.6 cm³/mol. The zero-order chi connectivity index (χ0) is 13.2. The summed E-state index contributed by atoms with van der Waals surface area (Å²) in [5.41, 5.74) is -0.977. The summed E-state index contributed by atoms with van der Waals surface area (Å²) in [5, 5.41) is 9.04. The molecule has 0 amide bonds. The van der Waals surface area contributed by atoms with Crippen molar-refractivity contribution in [2.75, 3.05) is 0 Å². The van der Waals surface area contributed by atoms with Gasteiger partial charge in [-0.2, -0.15) is 0 Å². The van der Waals surface area contributed by atoms with E-state index in [0.717, 1.165) is 0 Å². The molecule has 4 nitrogen and oxygen atoms in total. The quantitative estimate of drug-likeness (QED) is 0.826. The lowest BCUT2D eigenvalue weighted by Gasteiger charge is -2.20. The normalized spacial score (nSPS) is 11.1. The van der Waals surface area contributed by atoms with Crippen LogP contribution in [0.5, 0.6) is 0 Å². The Morgan fingerprint density at radius 2 is 1.88 bits per heavy atom. The molecule has 1 aromatic rings. The average molecular weight is 257 g/mol. The van der Waals surface area contributed by atoms with Crippen LogP contribution < -0.4 is 0 Å². The monoisotopic (exact) mass is 256 g/mol. The Bertz CT molecular complexity index is 460. The lowest BCUT2D eigenvalue weighted by molar-refractivity contribution is 0.00661. The van der Waals surface area contributed by atoms with Crippen LogP contribution in [0.4, 0.5) is 0 Å². The highest BCUT2D eigenvalue weighted by Gasteiger charge is 2.25. The van der Waals surface area contributed by atoms with E-state index >= 15 is 0 Å². The molecule has 0 unspecified atom stereocenters. The summed E-state index contributed by atoms with van der Waals surface area (Å²) in [6.45, 7) is 5.09. The third-order valence-corrected chi connectivity index (χ3v) is 2.16. The average Bonchev–Trinajstić information content (AvgIpc) is 2.13. The Morgan fingerprint density at radius 3 is 2.35 bits per heavy atom. The fourth-order valence-electron chi connectivity index (χ4n) is 1.24. The molecule has 0 aromatic heterocycles. The molecule has 1 aromatic carbocycles. The van der Waals surface area contributed by atoms with Crippen LogP contribution in [0.25, 0.3) is 0 Å². The molecule has 5 heteroatoms. The molecule has 1 N–H and O–H groups in total. The molecule has 0 fully saturated rings. The maximum Gasteiger partial charge on any atom is 0.341 e. The molecular weight excluding hydrogens is 244 g/mol. The largest absolute Gasteiger partial charge is 0.478 e. The van der Waals surface area contributed by atoms with E-state index in [2.05, 4.69) is 0 Å². The van der Waals surface area contributed by atoms with Gasteiger partial charge in [-0.3, -0.25) is 0 Å². The molecule has 17 heavy (non-hydrogen) atoms. The Kier molecular flexibility index (Phi) is 3.78. The zero-order valence-corrected chi connectivity index (χ0v) is 10.5. The third kappa shape index (κ3) is 3.46. The molecule has 0 saturated carbocycles. The first kappa shape index (κ1) is 13.5. The summed E-state index contributed by atoms with van der Waals surface area (Å²) in [6, 6.07) is 4.24. The number of aromatic carboxylic acids is 1. The number of hydrogen-bond acceptors (Lipinski definition) is 3. The molecule has 0 atom stereocenters. The first-order valence-corrected chi connectivity index (χ1v) is 5.35. The minimum absolute atomic E-state index is 0.0687. The van der Waals surface area contributed by atoms with Gasteiger partial charge in [0, 0.05) is 0 Å². The summed E-state index contributed by atoms with van der Waals surface area (Å²) in [5.74, 6) is -1.95. The van der Waals surface area contributed by atoms with Gasteiger partial charge in [0.2, 0.25) is 0 Å². The molecule has 0 radical (unpaired) electrons. The topological polar surface area (TPSA) is 63.6 Å². The second-order valence-corrected chi connectivity index (χ2v) is 4.88. The van der Waals surface area contributed by atoms with Gasteiger partial charge in [0.15, 0.2) is 0 Å². The van der Waals surface area contributed by atoms with Gasteiger partial charge in [-0.1, -0.05) is 17.7 Å². The van der Waals surface area contributed by atoms with E-state index in [1.54, 1.807) is 20.8 Å². The molecule has 0 saturated heterocycles. The van der Waals surface area contributed by atoms with Crippen molar-refractivity contribution in [1.29, 1.82) is 0 Å². The van der Waals surface area contributed by atoms with Crippen LogP contribution in [-0.4, -0.2) is 22.6 Å². The van der Waals surface area contributed by atoms with E-state index in [4.69, 9.17) is 21.4 Å². The number of benzene rings is 1. The van der Waals surface area contributed by atoms with Crippen LogP contribution in [0.2, 0.25) is 5.02 Å². The van der Waals surface area contributed by atoms with E-state index in [0.29, 0.717) is 0 Å². The number of esters is 1. The van der Waals surface area contributed by atoms with E-state index in [1.165, 1.54) is 18.2 Å². The van der Waals surface area contributed by atoms with Crippen molar-refractivity contribution in [3.8, 4) is 0 Å². The van der Waals surface area contributed by atoms with Gasteiger partial charge >= 0.3 is 11.9 Å². The lowest BCUT2D eigenvalue weighted by Crippen LogP contribution is -2.25. The summed E-state index contributed by atoms with van der Waals surface area (Å²) in [6.07, 6.45) is 0. The lowest BCUT2D eigenvalue weighted by atomic mass is 10.1. The van der Waals surface area contributed by atoms with Crippen LogP contribution in [0.1, 0.15) is 41.5 Å². The van der Waals surface area contributed by atoms with E-state index in [-0.39, 0.29) is 16.1 Å². The predicted octanol–water partition coefficient (Wildman–Crippen LogP) is 2.99. The van der Waals surface area contributed by atoms with Gasteiger partial charge in [0.1, 0.15) is 5.60 Å². The van der Waals surface area contributed by atoms with Crippen molar-refractivity contribution in [1.82, 2.24) is 0 Å². The number of halogens is 1. The van der Waals surface area contributed by atoms with Gasteiger partial charge in [-0.15, -0.1) is 0 Å². The Morgan fingerprint density at radius 1 is 1.29 bits per heavy atom. The van der Waals surface area contributed by atoms with Crippen molar-refractivity contribution in [2.45, 2.75) is 26.4 Å². The summed E-state index contributed by atoms with van der Waals surface area (Å²) < 4.78 is 5.11. The van der Waals surface area contributed by atoms with Gasteiger partial charge in [-0.25, -0.2) is 9.59 Å². The van der Waals surface area contributed by atoms with Crippen LogP contribution in [0.3, 0.4) is 0 Å². The van der Waals surface area contributed by atoms with Crippen molar-refractivity contribution in [3.63, 3.8) is 0 Å². The van der Waals surface area contributed by atoms with Crippen molar-refractivity contribution in [3.05, 3.63) is 34.3 Å². The molecule has 0 heterocycles. The number of ether oxygens (including phenoxy) is 1. The molecule has 0 bridgehead atoms. The minimum atomic E-state index is -1.21.